The fourth-order valence-electron chi connectivity index (χ4n) is 3.93. The number of nitrogens with zero attached hydrogens (tertiary/aromatic N) is 2. The summed E-state index contributed by atoms with van der Waals surface area (Å²) >= 11 is 6.11. The third kappa shape index (κ3) is 4.85. The van der Waals surface area contributed by atoms with Crippen molar-refractivity contribution in [2.75, 3.05) is 33.3 Å². The summed E-state index contributed by atoms with van der Waals surface area (Å²) in [4.78, 5) is 32.7. The molecule has 0 radical (unpaired) electrons. The lowest BCUT2D eigenvalue weighted by molar-refractivity contribution is -0.131. The first-order valence-electron chi connectivity index (χ1n) is 10.5. The molecule has 2 heterocycles. The molecule has 2 amide bonds. The lowest BCUT2D eigenvalue weighted by Gasteiger charge is -2.26. The molecule has 7 heteroatoms. The van der Waals surface area contributed by atoms with Crippen molar-refractivity contribution in [2.24, 2.45) is 0 Å². The van der Waals surface area contributed by atoms with E-state index in [-0.39, 0.29) is 11.8 Å². The fraction of sp³-hybridized carbons (Fsp3) is 0.333. The molecule has 1 aromatic heterocycles. The van der Waals surface area contributed by atoms with Gasteiger partial charge >= 0.3 is 0 Å². The highest BCUT2D eigenvalue weighted by Gasteiger charge is 2.21. The Balaban J connectivity index is 1.50. The summed E-state index contributed by atoms with van der Waals surface area (Å²) < 4.78 is 5.91. The van der Waals surface area contributed by atoms with Gasteiger partial charge in [-0.15, -0.1) is 0 Å². The van der Waals surface area contributed by atoms with E-state index in [1.165, 1.54) is 0 Å². The van der Waals surface area contributed by atoms with Crippen LogP contribution in [-0.2, 0) is 11.2 Å². The van der Waals surface area contributed by atoms with E-state index in [4.69, 9.17) is 16.3 Å². The number of hydrogen-bond acceptors (Lipinski definition) is 3. The number of halogens is 1. The molecule has 31 heavy (non-hydrogen) atoms. The van der Waals surface area contributed by atoms with Gasteiger partial charge in [-0.2, -0.15) is 0 Å². The van der Waals surface area contributed by atoms with Crippen molar-refractivity contribution >= 4 is 34.3 Å². The number of hydrogen-bond donors (Lipinski definition) is 1. The smallest absolute Gasteiger partial charge is 0.257 e. The second-order valence-corrected chi connectivity index (χ2v) is 8.28. The number of aromatic nitrogens is 1. The van der Waals surface area contributed by atoms with E-state index in [9.17, 15) is 9.59 Å². The summed E-state index contributed by atoms with van der Waals surface area (Å²) in [6.07, 6.45) is 3.89. The maximum Gasteiger partial charge on any atom is 0.257 e. The Bertz CT molecular complexity index is 1090. The Morgan fingerprint density at radius 2 is 1.94 bits per heavy atom. The number of fused-ring (bicyclic) bond motifs is 2. The largest absolute Gasteiger partial charge is 0.491 e. The number of ether oxygens (including phenoxy) is 1. The molecule has 6 nitrogen and oxygen atoms in total. The van der Waals surface area contributed by atoms with Crippen LogP contribution in [-0.4, -0.2) is 59.9 Å². The van der Waals surface area contributed by atoms with E-state index in [1.807, 2.05) is 35.4 Å². The monoisotopic (exact) mass is 439 g/mol. The standard InChI is InChI=1S/C24H26ClN3O3/c1-27-10-4-5-11-28(12-13-31-22-9-8-18(25)15-20(22)24(27)30)23(29)14-17-16-26-21-7-3-2-6-19(17)21/h2-3,6-9,15-16,26H,4-5,10-14H2,1H3. The van der Waals surface area contributed by atoms with Crippen molar-refractivity contribution in [1.82, 2.24) is 14.8 Å². The minimum atomic E-state index is -0.106. The summed E-state index contributed by atoms with van der Waals surface area (Å²) in [6, 6.07) is 13.1. The highest BCUT2D eigenvalue weighted by molar-refractivity contribution is 6.31. The molecular formula is C24H26ClN3O3. The molecule has 0 aliphatic carbocycles. The zero-order valence-corrected chi connectivity index (χ0v) is 18.3. The first kappa shape index (κ1) is 21.2. The first-order chi connectivity index (χ1) is 15.0. The summed E-state index contributed by atoms with van der Waals surface area (Å²) in [5.74, 6) is 0.461. The number of nitrogens with one attached hydrogen (secondary N) is 1. The van der Waals surface area contributed by atoms with E-state index in [1.54, 1.807) is 30.1 Å². The molecule has 0 unspecified atom stereocenters. The van der Waals surface area contributed by atoms with Crippen LogP contribution < -0.4 is 4.74 Å². The summed E-state index contributed by atoms with van der Waals surface area (Å²) in [6.45, 7) is 2.02. The Hall–Kier alpha value is -2.99. The molecule has 1 aliphatic rings. The van der Waals surface area contributed by atoms with Crippen LogP contribution in [0.4, 0.5) is 0 Å². The van der Waals surface area contributed by atoms with Crippen molar-refractivity contribution in [3.05, 3.63) is 64.8 Å². The zero-order chi connectivity index (χ0) is 21.8. The van der Waals surface area contributed by atoms with E-state index in [2.05, 4.69) is 4.98 Å². The highest BCUT2D eigenvalue weighted by atomic mass is 35.5. The average Bonchev–Trinajstić information content (AvgIpc) is 3.17. The summed E-state index contributed by atoms with van der Waals surface area (Å²) in [5, 5.41) is 1.57. The lowest BCUT2D eigenvalue weighted by atomic mass is 10.1. The third-order valence-electron chi connectivity index (χ3n) is 5.68. The van der Waals surface area contributed by atoms with Gasteiger partial charge in [0.1, 0.15) is 12.4 Å². The van der Waals surface area contributed by atoms with Crippen LogP contribution in [0.1, 0.15) is 28.8 Å². The molecule has 3 aromatic rings. The molecule has 2 aromatic carbocycles. The molecule has 0 atom stereocenters. The van der Waals surface area contributed by atoms with Crippen molar-refractivity contribution in [3.8, 4) is 5.75 Å². The van der Waals surface area contributed by atoms with Crippen LogP contribution >= 0.6 is 11.6 Å². The minimum Gasteiger partial charge on any atom is -0.491 e. The van der Waals surface area contributed by atoms with Gasteiger partial charge in [-0.3, -0.25) is 9.59 Å². The summed E-state index contributed by atoms with van der Waals surface area (Å²) in [7, 11) is 1.78. The number of para-hydroxylation sites is 1. The maximum atomic E-state index is 13.1. The number of H-pyrrole nitrogens is 1. The van der Waals surface area contributed by atoms with Gasteiger partial charge in [0.15, 0.2) is 0 Å². The Labute approximate surface area is 186 Å². The lowest BCUT2D eigenvalue weighted by Crippen LogP contribution is -2.37. The van der Waals surface area contributed by atoms with Crippen LogP contribution in [0.25, 0.3) is 10.9 Å². The molecule has 4 rings (SSSR count). The summed E-state index contributed by atoms with van der Waals surface area (Å²) in [5.41, 5.74) is 2.48. The van der Waals surface area contributed by atoms with Gasteiger partial charge in [-0.1, -0.05) is 29.8 Å². The molecular weight excluding hydrogens is 414 g/mol. The van der Waals surface area contributed by atoms with Crippen LogP contribution in [0, 0.1) is 0 Å². The SMILES string of the molecule is CN1CCCCN(C(=O)Cc2c[nH]c3ccccc23)CCOc2ccc(Cl)cc2C1=O. The van der Waals surface area contributed by atoms with Gasteiger partial charge in [-0.05, 0) is 42.7 Å². The topological polar surface area (TPSA) is 65.6 Å². The normalized spacial score (nSPS) is 15.7. The van der Waals surface area contributed by atoms with E-state index < -0.39 is 0 Å². The predicted octanol–water partition coefficient (Wildman–Crippen LogP) is 4.14. The molecule has 1 aliphatic heterocycles. The quantitative estimate of drug-likeness (QED) is 0.652. The molecule has 1 N–H and O–H groups in total. The van der Waals surface area contributed by atoms with Gasteiger partial charge in [-0.25, -0.2) is 0 Å². The van der Waals surface area contributed by atoms with Crippen molar-refractivity contribution < 1.29 is 14.3 Å². The fourth-order valence-corrected chi connectivity index (χ4v) is 4.11. The van der Waals surface area contributed by atoms with Gasteiger partial charge in [0.25, 0.3) is 5.91 Å². The number of aromatic amines is 1. The van der Waals surface area contributed by atoms with E-state index >= 15 is 0 Å². The maximum absolute atomic E-state index is 13.1. The predicted molar refractivity (Wildman–Crippen MR) is 122 cm³/mol. The first-order valence-corrected chi connectivity index (χ1v) is 10.9. The highest BCUT2D eigenvalue weighted by Crippen LogP contribution is 2.25. The Morgan fingerprint density at radius 1 is 1.13 bits per heavy atom. The number of carbonyl (C=O) groups excluding carboxylic acids is 2. The second kappa shape index (κ2) is 9.43. The number of amides is 2. The zero-order valence-electron chi connectivity index (χ0n) is 17.6. The molecule has 0 saturated carbocycles. The molecule has 0 spiro atoms. The van der Waals surface area contributed by atoms with E-state index in [0.29, 0.717) is 49.0 Å². The average molecular weight is 440 g/mol. The van der Waals surface area contributed by atoms with Crippen LogP contribution in [0.2, 0.25) is 5.02 Å². The molecule has 0 fully saturated rings. The number of carbonyl (C=O) groups is 2. The Morgan fingerprint density at radius 3 is 2.81 bits per heavy atom. The van der Waals surface area contributed by atoms with Gasteiger partial charge in [0.2, 0.25) is 5.91 Å². The Kier molecular flexibility index (Phi) is 6.47. The van der Waals surface area contributed by atoms with Gasteiger partial charge in [0.05, 0.1) is 18.5 Å². The third-order valence-corrected chi connectivity index (χ3v) is 5.91. The molecule has 0 saturated heterocycles. The number of rotatable bonds is 2. The van der Waals surface area contributed by atoms with Crippen molar-refractivity contribution in [1.29, 1.82) is 0 Å². The van der Waals surface area contributed by atoms with E-state index in [0.717, 1.165) is 29.3 Å². The van der Waals surface area contributed by atoms with Gasteiger partial charge in [0, 0.05) is 42.3 Å². The van der Waals surface area contributed by atoms with Crippen LogP contribution in [0.5, 0.6) is 5.75 Å². The van der Waals surface area contributed by atoms with Gasteiger partial charge < -0.3 is 19.5 Å². The second-order valence-electron chi connectivity index (χ2n) is 7.84. The molecule has 0 bridgehead atoms. The van der Waals surface area contributed by atoms with Crippen molar-refractivity contribution in [3.63, 3.8) is 0 Å². The number of benzene rings is 2. The molecule has 162 valence electrons. The van der Waals surface area contributed by atoms with Crippen LogP contribution in [0.3, 0.4) is 0 Å². The minimum absolute atomic E-state index is 0.0752. The van der Waals surface area contributed by atoms with Crippen LogP contribution in [0.15, 0.2) is 48.7 Å². The van der Waals surface area contributed by atoms with Crippen molar-refractivity contribution in [2.45, 2.75) is 19.3 Å².